The number of nitrogens with one attached hydrogen (secondary N) is 1. The summed E-state index contributed by atoms with van der Waals surface area (Å²) in [6.07, 6.45) is 3.15. The summed E-state index contributed by atoms with van der Waals surface area (Å²) in [6.45, 7) is 3.33. The molecule has 2 aliphatic heterocycles. The number of aromatic hydroxyl groups is 1. The molecule has 2 aliphatic rings. The van der Waals surface area contributed by atoms with Crippen LogP contribution in [-0.2, 0) is 0 Å². The highest BCUT2D eigenvalue weighted by Gasteiger charge is 2.22. The third kappa shape index (κ3) is 2.25. The first-order chi connectivity index (χ1) is 8.84. The number of rotatable bonds is 1. The molecule has 2 heterocycles. The van der Waals surface area contributed by atoms with Crippen LogP contribution in [0.3, 0.4) is 0 Å². The highest BCUT2D eigenvalue weighted by Crippen LogP contribution is 2.40. The summed E-state index contributed by atoms with van der Waals surface area (Å²) in [5, 5.41) is 13.5. The van der Waals surface area contributed by atoms with Crippen molar-refractivity contribution in [1.82, 2.24) is 5.32 Å². The zero-order valence-corrected chi connectivity index (χ0v) is 10.4. The lowest BCUT2D eigenvalue weighted by molar-refractivity contribution is 0.296. The molecule has 1 atom stereocenters. The first kappa shape index (κ1) is 11.7. The molecule has 0 spiro atoms. The number of ether oxygens (including phenoxy) is 2. The Morgan fingerprint density at radius 1 is 1.11 bits per heavy atom. The van der Waals surface area contributed by atoms with Gasteiger partial charge in [-0.1, -0.05) is 0 Å². The number of hydrogen-bond acceptors (Lipinski definition) is 4. The SMILES string of the molecule is Oc1cc2c(cc1C1CCCNC1)OCCCO2. The maximum absolute atomic E-state index is 10.1. The average molecular weight is 249 g/mol. The summed E-state index contributed by atoms with van der Waals surface area (Å²) >= 11 is 0. The van der Waals surface area contributed by atoms with Crippen LogP contribution in [0.4, 0.5) is 0 Å². The van der Waals surface area contributed by atoms with E-state index in [1.807, 2.05) is 6.07 Å². The molecule has 1 unspecified atom stereocenters. The van der Waals surface area contributed by atoms with Gasteiger partial charge in [0.1, 0.15) is 5.75 Å². The van der Waals surface area contributed by atoms with Gasteiger partial charge in [-0.15, -0.1) is 0 Å². The Hall–Kier alpha value is -1.42. The van der Waals surface area contributed by atoms with E-state index in [2.05, 4.69) is 5.32 Å². The van der Waals surface area contributed by atoms with Crippen LogP contribution in [-0.4, -0.2) is 31.4 Å². The third-order valence-electron chi connectivity index (χ3n) is 3.63. The lowest BCUT2D eigenvalue weighted by Gasteiger charge is -2.24. The number of phenols is 1. The van der Waals surface area contributed by atoms with Gasteiger partial charge < -0.3 is 19.9 Å². The third-order valence-corrected chi connectivity index (χ3v) is 3.63. The van der Waals surface area contributed by atoms with E-state index in [-0.39, 0.29) is 0 Å². The Bertz CT molecular complexity index is 427. The van der Waals surface area contributed by atoms with Crippen molar-refractivity contribution in [3.8, 4) is 17.2 Å². The lowest BCUT2D eigenvalue weighted by Crippen LogP contribution is -2.28. The second-order valence-corrected chi connectivity index (χ2v) is 4.95. The number of phenolic OH excluding ortho intramolecular Hbond substituents is 1. The fourth-order valence-electron chi connectivity index (χ4n) is 2.66. The second kappa shape index (κ2) is 5.06. The molecule has 0 saturated carbocycles. The minimum Gasteiger partial charge on any atom is -0.508 e. The van der Waals surface area contributed by atoms with Crippen molar-refractivity contribution >= 4 is 0 Å². The van der Waals surface area contributed by atoms with Crippen molar-refractivity contribution < 1.29 is 14.6 Å². The van der Waals surface area contributed by atoms with Crippen LogP contribution in [0.1, 0.15) is 30.7 Å². The fraction of sp³-hybridized carbons (Fsp3) is 0.571. The molecule has 1 aromatic rings. The van der Waals surface area contributed by atoms with Gasteiger partial charge in [-0.2, -0.15) is 0 Å². The van der Waals surface area contributed by atoms with Crippen molar-refractivity contribution in [1.29, 1.82) is 0 Å². The minimum atomic E-state index is 0.327. The van der Waals surface area contributed by atoms with E-state index in [0.29, 0.717) is 30.6 Å². The number of piperidine rings is 1. The largest absolute Gasteiger partial charge is 0.508 e. The van der Waals surface area contributed by atoms with Gasteiger partial charge in [0.25, 0.3) is 0 Å². The van der Waals surface area contributed by atoms with Crippen LogP contribution in [0, 0.1) is 0 Å². The summed E-state index contributed by atoms with van der Waals surface area (Å²) in [5.41, 5.74) is 0.978. The van der Waals surface area contributed by atoms with E-state index in [4.69, 9.17) is 9.47 Å². The van der Waals surface area contributed by atoms with E-state index in [0.717, 1.165) is 43.7 Å². The number of fused-ring (bicyclic) bond motifs is 1. The monoisotopic (exact) mass is 249 g/mol. The average Bonchev–Trinajstić information content (AvgIpc) is 2.63. The van der Waals surface area contributed by atoms with Crippen LogP contribution in [0.5, 0.6) is 17.2 Å². The van der Waals surface area contributed by atoms with Gasteiger partial charge in [0.15, 0.2) is 11.5 Å². The molecule has 2 N–H and O–H groups in total. The molecule has 1 saturated heterocycles. The minimum absolute atomic E-state index is 0.327. The van der Waals surface area contributed by atoms with Gasteiger partial charge in [0.2, 0.25) is 0 Å². The number of hydrogen-bond donors (Lipinski definition) is 2. The van der Waals surface area contributed by atoms with Gasteiger partial charge in [0, 0.05) is 30.5 Å². The second-order valence-electron chi connectivity index (χ2n) is 4.95. The fourth-order valence-corrected chi connectivity index (χ4v) is 2.66. The molecular formula is C14H19NO3. The van der Waals surface area contributed by atoms with Gasteiger partial charge in [0.05, 0.1) is 13.2 Å². The Morgan fingerprint density at radius 2 is 1.89 bits per heavy atom. The van der Waals surface area contributed by atoms with E-state index in [9.17, 15) is 5.11 Å². The summed E-state index contributed by atoms with van der Waals surface area (Å²) in [5.74, 6) is 2.13. The van der Waals surface area contributed by atoms with E-state index >= 15 is 0 Å². The highest BCUT2D eigenvalue weighted by molar-refractivity contribution is 5.51. The van der Waals surface area contributed by atoms with Gasteiger partial charge in [-0.25, -0.2) is 0 Å². The van der Waals surface area contributed by atoms with Crippen molar-refractivity contribution in [3.63, 3.8) is 0 Å². The van der Waals surface area contributed by atoms with Crippen molar-refractivity contribution in [3.05, 3.63) is 17.7 Å². The smallest absolute Gasteiger partial charge is 0.164 e. The molecule has 4 heteroatoms. The Labute approximate surface area is 107 Å². The predicted molar refractivity (Wildman–Crippen MR) is 68.6 cm³/mol. The van der Waals surface area contributed by atoms with Gasteiger partial charge in [-0.05, 0) is 25.5 Å². The molecule has 0 bridgehead atoms. The van der Waals surface area contributed by atoms with Crippen LogP contribution in [0.15, 0.2) is 12.1 Å². The normalized spacial score (nSPS) is 23.4. The Kier molecular flexibility index (Phi) is 3.28. The Morgan fingerprint density at radius 3 is 2.61 bits per heavy atom. The topological polar surface area (TPSA) is 50.7 Å². The van der Waals surface area contributed by atoms with Crippen LogP contribution in [0.25, 0.3) is 0 Å². The van der Waals surface area contributed by atoms with Crippen LogP contribution < -0.4 is 14.8 Å². The molecule has 98 valence electrons. The molecule has 18 heavy (non-hydrogen) atoms. The highest BCUT2D eigenvalue weighted by atomic mass is 16.5. The van der Waals surface area contributed by atoms with E-state index in [1.165, 1.54) is 0 Å². The van der Waals surface area contributed by atoms with Crippen LogP contribution in [0.2, 0.25) is 0 Å². The zero-order chi connectivity index (χ0) is 12.4. The molecule has 0 amide bonds. The summed E-state index contributed by atoms with van der Waals surface area (Å²) in [7, 11) is 0. The molecule has 3 rings (SSSR count). The standard InChI is InChI=1S/C14H19NO3/c16-12-8-14-13(17-5-2-6-18-14)7-11(12)10-3-1-4-15-9-10/h7-8,10,15-16H,1-6,9H2. The van der Waals surface area contributed by atoms with E-state index < -0.39 is 0 Å². The summed E-state index contributed by atoms with van der Waals surface area (Å²) in [6, 6.07) is 3.65. The molecule has 0 aliphatic carbocycles. The first-order valence-corrected chi connectivity index (χ1v) is 6.68. The molecule has 1 fully saturated rings. The molecule has 4 nitrogen and oxygen atoms in total. The predicted octanol–water partition coefficient (Wildman–Crippen LogP) is 2.02. The van der Waals surface area contributed by atoms with Gasteiger partial charge >= 0.3 is 0 Å². The molecular weight excluding hydrogens is 230 g/mol. The van der Waals surface area contributed by atoms with Crippen molar-refractivity contribution in [2.75, 3.05) is 26.3 Å². The Balaban J connectivity index is 1.92. The lowest BCUT2D eigenvalue weighted by atomic mass is 9.90. The van der Waals surface area contributed by atoms with Gasteiger partial charge in [-0.3, -0.25) is 0 Å². The molecule has 0 radical (unpaired) electrons. The maximum atomic E-state index is 10.1. The first-order valence-electron chi connectivity index (χ1n) is 6.68. The summed E-state index contributed by atoms with van der Waals surface area (Å²) < 4.78 is 11.2. The van der Waals surface area contributed by atoms with Crippen LogP contribution >= 0.6 is 0 Å². The van der Waals surface area contributed by atoms with E-state index in [1.54, 1.807) is 6.07 Å². The maximum Gasteiger partial charge on any atom is 0.164 e. The molecule has 0 aromatic heterocycles. The quantitative estimate of drug-likeness (QED) is 0.799. The zero-order valence-electron chi connectivity index (χ0n) is 10.4. The van der Waals surface area contributed by atoms with Crippen molar-refractivity contribution in [2.45, 2.75) is 25.2 Å². The number of benzene rings is 1. The van der Waals surface area contributed by atoms with Crippen molar-refractivity contribution in [2.24, 2.45) is 0 Å². The summed E-state index contributed by atoms with van der Waals surface area (Å²) in [4.78, 5) is 0. The molecule has 1 aromatic carbocycles.